The summed E-state index contributed by atoms with van der Waals surface area (Å²) in [6, 6.07) is 0. The van der Waals surface area contributed by atoms with Gasteiger partial charge in [0.2, 0.25) is 0 Å². The van der Waals surface area contributed by atoms with E-state index in [-0.39, 0.29) is 6.61 Å². The van der Waals surface area contributed by atoms with Gasteiger partial charge in [-0.05, 0) is 25.7 Å². The monoisotopic (exact) mass is 797 g/mol. The van der Waals surface area contributed by atoms with E-state index in [1.165, 1.54) is 96.3 Å². The maximum Gasteiger partial charge on any atom is 0.0701 e. The van der Waals surface area contributed by atoms with Crippen molar-refractivity contribution < 1.29 is 57.2 Å². The Morgan fingerprint density at radius 2 is 0.364 bits per heavy atom. The maximum atomic E-state index is 8.60. The SMILES string of the molecule is CCCCCCCCCCCCCCCCCCOCCOCCOCCCCCOCCOCCOCCOCCOCCOCCOCCOCCO. The van der Waals surface area contributed by atoms with Gasteiger partial charge in [-0.3, -0.25) is 0 Å². The molecule has 0 atom stereocenters. The van der Waals surface area contributed by atoms with Gasteiger partial charge in [0.1, 0.15) is 0 Å². The van der Waals surface area contributed by atoms with Crippen molar-refractivity contribution in [2.75, 3.05) is 152 Å². The van der Waals surface area contributed by atoms with Gasteiger partial charge in [0.15, 0.2) is 0 Å². The number of ether oxygens (including phenoxy) is 11. The van der Waals surface area contributed by atoms with Crippen molar-refractivity contribution in [2.24, 2.45) is 0 Å². The molecule has 0 amide bonds. The van der Waals surface area contributed by atoms with Gasteiger partial charge in [-0.15, -0.1) is 0 Å². The summed E-state index contributed by atoms with van der Waals surface area (Å²) in [6.07, 6.45) is 25.4. The summed E-state index contributed by atoms with van der Waals surface area (Å²) in [7, 11) is 0. The first-order valence-corrected chi connectivity index (χ1v) is 22.4. The molecule has 1 N–H and O–H groups in total. The van der Waals surface area contributed by atoms with Gasteiger partial charge in [0, 0.05) is 19.8 Å². The third-order valence-corrected chi connectivity index (χ3v) is 8.80. The lowest BCUT2D eigenvalue weighted by atomic mass is 10.0. The number of unbranched alkanes of at least 4 members (excludes halogenated alkanes) is 17. The Labute approximate surface area is 337 Å². The highest BCUT2D eigenvalue weighted by Gasteiger charge is 1.98. The Morgan fingerprint density at radius 3 is 0.582 bits per heavy atom. The molecular formula is C43H88O12. The molecular weight excluding hydrogens is 708 g/mol. The van der Waals surface area contributed by atoms with Crippen LogP contribution in [-0.2, 0) is 52.1 Å². The third-order valence-electron chi connectivity index (χ3n) is 8.80. The molecule has 0 rings (SSSR count). The summed E-state index contributed by atoms with van der Waals surface area (Å²) >= 11 is 0. The molecule has 55 heavy (non-hydrogen) atoms. The summed E-state index contributed by atoms with van der Waals surface area (Å²) < 4.78 is 60.5. The van der Waals surface area contributed by atoms with Crippen molar-refractivity contribution in [3.8, 4) is 0 Å². The lowest BCUT2D eigenvalue weighted by Crippen LogP contribution is -2.15. The third kappa shape index (κ3) is 53.5. The van der Waals surface area contributed by atoms with Crippen LogP contribution >= 0.6 is 0 Å². The van der Waals surface area contributed by atoms with Crippen LogP contribution in [0.1, 0.15) is 129 Å². The lowest BCUT2D eigenvalue weighted by molar-refractivity contribution is -0.0239. The van der Waals surface area contributed by atoms with Crippen molar-refractivity contribution >= 4 is 0 Å². The minimum absolute atomic E-state index is 0.0298. The van der Waals surface area contributed by atoms with E-state index in [0.29, 0.717) is 126 Å². The van der Waals surface area contributed by atoms with Gasteiger partial charge in [-0.1, -0.05) is 103 Å². The molecule has 0 saturated carbocycles. The zero-order valence-corrected chi connectivity index (χ0v) is 35.6. The molecule has 12 nitrogen and oxygen atoms in total. The van der Waals surface area contributed by atoms with E-state index in [0.717, 1.165) is 45.5 Å². The van der Waals surface area contributed by atoms with Crippen molar-refractivity contribution in [1.82, 2.24) is 0 Å². The van der Waals surface area contributed by atoms with E-state index < -0.39 is 0 Å². The molecule has 0 fully saturated rings. The molecule has 0 saturated heterocycles. The Kier molecular flexibility index (Phi) is 53.1. The fourth-order valence-electron chi connectivity index (χ4n) is 5.59. The van der Waals surface area contributed by atoms with Crippen LogP contribution in [0, 0.1) is 0 Å². The Balaban J connectivity index is 3.05. The highest BCUT2D eigenvalue weighted by molar-refractivity contribution is 4.50. The Morgan fingerprint density at radius 1 is 0.200 bits per heavy atom. The molecule has 332 valence electrons. The molecule has 0 aromatic heterocycles. The van der Waals surface area contributed by atoms with E-state index in [2.05, 4.69) is 6.92 Å². The second-order valence-electron chi connectivity index (χ2n) is 13.8. The zero-order valence-electron chi connectivity index (χ0n) is 35.6. The number of aliphatic hydroxyl groups is 1. The first kappa shape index (κ1) is 54.5. The second kappa shape index (κ2) is 53.5. The van der Waals surface area contributed by atoms with Crippen LogP contribution in [0.4, 0.5) is 0 Å². The second-order valence-corrected chi connectivity index (χ2v) is 13.8. The number of hydrogen-bond donors (Lipinski definition) is 1. The van der Waals surface area contributed by atoms with Crippen LogP contribution in [0.25, 0.3) is 0 Å². The molecule has 0 aromatic carbocycles. The summed E-state index contributed by atoms with van der Waals surface area (Å²) in [4.78, 5) is 0. The Bertz CT molecular complexity index is 597. The summed E-state index contributed by atoms with van der Waals surface area (Å²) in [5.74, 6) is 0. The van der Waals surface area contributed by atoms with Gasteiger partial charge in [0.25, 0.3) is 0 Å². The van der Waals surface area contributed by atoms with Crippen LogP contribution in [0.5, 0.6) is 0 Å². The molecule has 0 bridgehead atoms. The average molecular weight is 797 g/mol. The van der Waals surface area contributed by atoms with Gasteiger partial charge >= 0.3 is 0 Å². The quantitative estimate of drug-likeness (QED) is 0.0611. The molecule has 0 spiro atoms. The standard InChI is InChI=1S/C43H88O12/c1-2-3-4-5-6-7-8-9-10-11-12-13-14-15-16-18-22-45-26-30-49-31-27-46-23-19-17-20-24-47-28-32-50-34-36-52-38-40-54-42-43-55-41-39-53-37-35-51-33-29-48-25-21-44/h44H,2-43H2,1H3. The van der Waals surface area contributed by atoms with E-state index in [4.69, 9.17) is 57.2 Å². The number of rotatable bonds is 52. The minimum atomic E-state index is 0.0298. The number of hydrogen-bond acceptors (Lipinski definition) is 12. The van der Waals surface area contributed by atoms with Crippen LogP contribution < -0.4 is 0 Å². The average Bonchev–Trinajstić information content (AvgIpc) is 3.20. The van der Waals surface area contributed by atoms with Crippen LogP contribution in [0.3, 0.4) is 0 Å². The molecule has 0 aliphatic carbocycles. The van der Waals surface area contributed by atoms with E-state index >= 15 is 0 Å². The van der Waals surface area contributed by atoms with Gasteiger partial charge in [-0.2, -0.15) is 0 Å². The van der Waals surface area contributed by atoms with Gasteiger partial charge < -0.3 is 57.2 Å². The summed E-state index contributed by atoms with van der Waals surface area (Å²) in [6.45, 7) is 15.0. The van der Waals surface area contributed by atoms with Crippen molar-refractivity contribution in [3.05, 3.63) is 0 Å². The zero-order chi connectivity index (χ0) is 39.5. The van der Waals surface area contributed by atoms with Crippen molar-refractivity contribution in [2.45, 2.75) is 129 Å². The molecule has 0 aromatic rings. The van der Waals surface area contributed by atoms with Gasteiger partial charge in [-0.25, -0.2) is 0 Å². The van der Waals surface area contributed by atoms with Gasteiger partial charge in [0.05, 0.1) is 132 Å². The van der Waals surface area contributed by atoms with E-state index in [1.54, 1.807) is 0 Å². The molecule has 0 aliphatic rings. The predicted octanol–water partition coefficient (Wildman–Crippen LogP) is 7.59. The largest absolute Gasteiger partial charge is 0.394 e. The summed E-state index contributed by atoms with van der Waals surface area (Å²) in [5, 5.41) is 8.60. The van der Waals surface area contributed by atoms with Crippen LogP contribution in [-0.4, -0.2) is 157 Å². The van der Waals surface area contributed by atoms with Crippen molar-refractivity contribution in [1.29, 1.82) is 0 Å². The number of aliphatic hydroxyl groups excluding tert-OH is 1. The highest BCUT2D eigenvalue weighted by Crippen LogP contribution is 2.13. The maximum absolute atomic E-state index is 8.60. The van der Waals surface area contributed by atoms with E-state index in [9.17, 15) is 0 Å². The Hall–Kier alpha value is -0.480. The van der Waals surface area contributed by atoms with Crippen LogP contribution in [0.2, 0.25) is 0 Å². The van der Waals surface area contributed by atoms with Crippen molar-refractivity contribution in [3.63, 3.8) is 0 Å². The highest BCUT2D eigenvalue weighted by atomic mass is 16.6. The van der Waals surface area contributed by atoms with E-state index in [1.807, 2.05) is 0 Å². The predicted molar refractivity (Wildman–Crippen MR) is 219 cm³/mol. The first-order valence-electron chi connectivity index (χ1n) is 22.4. The summed E-state index contributed by atoms with van der Waals surface area (Å²) in [5.41, 5.74) is 0. The molecule has 12 heteroatoms. The lowest BCUT2D eigenvalue weighted by Gasteiger charge is -2.09. The normalized spacial score (nSPS) is 11.7. The molecule has 0 aliphatic heterocycles. The minimum Gasteiger partial charge on any atom is -0.394 e. The molecule has 0 radical (unpaired) electrons. The topological polar surface area (TPSA) is 122 Å². The fraction of sp³-hybridized carbons (Fsp3) is 1.00. The smallest absolute Gasteiger partial charge is 0.0701 e. The molecule has 0 unspecified atom stereocenters. The van der Waals surface area contributed by atoms with Crippen LogP contribution in [0.15, 0.2) is 0 Å². The fourth-order valence-corrected chi connectivity index (χ4v) is 5.59. The first-order chi connectivity index (χ1) is 27.4. The molecule has 0 heterocycles.